The Labute approximate surface area is 194 Å². The molecule has 0 fully saturated rings. The molecule has 8 heteroatoms. The van der Waals surface area contributed by atoms with E-state index in [9.17, 15) is 10.5 Å². The second-order valence-electron chi connectivity index (χ2n) is 8.04. The van der Waals surface area contributed by atoms with Crippen molar-refractivity contribution in [3.63, 3.8) is 0 Å². The van der Waals surface area contributed by atoms with Gasteiger partial charge in [-0.2, -0.15) is 10.5 Å². The van der Waals surface area contributed by atoms with Gasteiger partial charge in [0.25, 0.3) is 0 Å². The molecule has 0 amide bonds. The smallest absolute Gasteiger partial charge is 0.179 e. The van der Waals surface area contributed by atoms with E-state index in [2.05, 4.69) is 33.4 Å². The van der Waals surface area contributed by atoms with Crippen LogP contribution in [0.25, 0.3) is 38.9 Å². The van der Waals surface area contributed by atoms with E-state index in [1.807, 2.05) is 59.2 Å². The lowest BCUT2D eigenvalue weighted by Gasteiger charge is -2.09. The van der Waals surface area contributed by atoms with Crippen LogP contribution in [-0.4, -0.2) is 28.9 Å². The van der Waals surface area contributed by atoms with Crippen LogP contribution in [0.4, 0.5) is 0 Å². The first-order valence-electron chi connectivity index (χ1n) is 11.1. The fourth-order valence-corrected chi connectivity index (χ4v) is 4.56. The van der Waals surface area contributed by atoms with Gasteiger partial charge in [0, 0.05) is 13.0 Å². The lowest BCUT2D eigenvalue weighted by molar-refractivity contribution is 0.726. The Morgan fingerprint density at radius 3 is 2.29 bits per heavy atom. The van der Waals surface area contributed by atoms with Crippen LogP contribution in [0.3, 0.4) is 0 Å². The van der Waals surface area contributed by atoms with Crippen molar-refractivity contribution in [1.82, 2.24) is 28.9 Å². The van der Waals surface area contributed by atoms with Crippen LogP contribution in [0.1, 0.15) is 29.7 Å². The molecular formula is C26H18N8. The highest BCUT2D eigenvalue weighted by molar-refractivity contribution is 6.11. The Kier molecular flexibility index (Phi) is 4.46. The lowest BCUT2D eigenvalue weighted by Crippen LogP contribution is -2.07. The maximum absolute atomic E-state index is 9.60. The number of imidazole rings is 1. The minimum absolute atomic E-state index is 0.00550. The van der Waals surface area contributed by atoms with Crippen LogP contribution >= 0.6 is 0 Å². The SMILES string of the molecule is CCc1nc2c(c3nc(C#N)c(C#N)nc3n2CCc2ccccc2)c2nc3ccccc3n12. The third-order valence-corrected chi connectivity index (χ3v) is 6.12. The van der Waals surface area contributed by atoms with Crippen LogP contribution < -0.4 is 0 Å². The van der Waals surface area contributed by atoms with Gasteiger partial charge < -0.3 is 4.57 Å². The second kappa shape index (κ2) is 7.65. The summed E-state index contributed by atoms with van der Waals surface area (Å²) in [5.41, 5.74) is 5.55. The summed E-state index contributed by atoms with van der Waals surface area (Å²) in [7, 11) is 0. The lowest BCUT2D eigenvalue weighted by atomic mass is 10.1. The summed E-state index contributed by atoms with van der Waals surface area (Å²) in [6, 6.07) is 22.2. The van der Waals surface area contributed by atoms with Gasteiger partial charge in [-0.25, -0.2) is 19.9 Å². The molecule has 0 saturated heterocycles. The van der Waals surface area contributed by atoms with Crippen LogP contribution in [0.2, 0.25) is 0 Å². The molecular weight excluding hydrogens is 424 g/mol. The first kappa shape index (κ1) is 19.8. The summed E-state index contributed by atoms with van der Waals surface area (Å²) in [4.78, 5) is 19.1. The second-order valence-corrected chi connectivity index (χ2v) is 8.04. The Balaban J connectivity index is 1.74. The molecule has 8 nitrogen and oxygen atoms in total. The van der Waals surface area contributed by atoms with E-state index in [0.717, 1.165) is 34.3 Å². The number of para-hydroxylation sites is 2. The summed E-state index contributed by atoms with van der Waals surface area (Å²) in [6.07, 6.45) is 1.47. The fraction of sp³-hybridized carbons (Fsp3) is 0.154. The third kappa shape index (κ3) is 2.83. The van der Waals surface area contributed by atoms with Gasteiger partial charge >= 0.3 is 0 Å². The molecule has 0 atom stereocenters. The molecule has 4 aromatic heterocycles. The number of hydrogen-bond donors (Lipinski definition) is 0. The zero-order valence-electron chi connectivity index (χ0n) is 18.4. The van der Waals surface area contributed by atoms with Crippen LogP contribution in [0, 0.1) is 22.7 Å². The van der Waals surface area contributed by atoms with Crippen LogP contribution in [0.5, 0.6) is 0 Å². The largest absolute Gasteiger partial charge is 0.308 e. The van der Waals surface area contributed by atoms with Gasteiger partial charge in [-0.3, -0.25) is 4.40 Å². The maximum atomic E-state index is 9.60. The third-order valence-electron chi connectivity index (χ3n) is 6.12. The summed E-state index contributed by atoms with van der Waals surface area (Å²) < 4.78 is 4.07. The number of aromatic nitrogens is 6. The normalized spacial score (nSPS) is 11.4. The van der Waals surface area contributed by atoms with Gasteiger partial charge in [-0.05, 0) is 24.1 Å². The Hall–Kier alpha value is -4.82. The highest BCUT2D eigenvalue weighted by Gasteiger charge is 2.23. The molecule has 0 radical (unpaired) electrons. The monoisotopic (exact) mass is 442 g/mol. The topological polar surface area (TPSA) is 108 Å². The minimum Gasteiger partial charge on any atom is -0.308 e. The predicted molar refractivity (Wildman–Crippen MR) is 128 cm³/mol. The number of nitrogens with zero attached hydrogens (tertiary/aromatic N) is 8. The van der Waals surface area contributed by atoms with Gasteiger partial charge in [0.2, 0.25) is 0 Å². The van der Waals surface area contributed by atoms with Crippen molar-refractivity contribution in [2.45, 2.75) is 26.3 Å². The number of benzene rings is 2. The molecule has 0 N–H and O–H groups in total. The molecule has 0 bridgehead atoms. The summed E-state index contributed by atoms with van der Waals surface area (Å²) in [5, 5.41) is 19.9. The van der Waals surface area contributed by atoms with Crippen LogP contribution in [-0.2, 0) is 19.4 Å². The highest BCUT2D eigenvalue weighted by atomic mass is 15.2. The van der Waals surface area contributed by atoms with Gasteiger partial charge in [0.05, 0.1) is 16.4 Å². The molecule has 0 spiro atoms. The molecule has 0 aliphatic carbocycles. The van der Waals surface area contributed by atoms with Crippen molar-refractivity contribution in [1.29, 1.82) is 10.5 Å². The zero-order chi connectivity index (χ0) is 23.2. The molecule has 6 aromatic rings. The van der Waals surface area contributed by atoms with Crippen molar-refractivity contribution in [2.75, 3.05) is 0 Å². The van der Waals surface area contributed by atoms with Gasteiger partial charge in [0.15, 0.2) is 22.7 Å². The van der Waals surface area contributed by atoms with E-state index in [-0.39, 0.29) is 11.4 Å². The molecule has 0 unspecified atom stereocenters. The predicted octanol–water partition coefficient (Wildman–Crippen LogP) is 4.33. The molecule has 4 heterocycles. The molecule has 0 aliphatic heterocycles. The number of fused-ring (bicyclic) bond motifs is 7. The van der Waals surface area contributed by atoms with E-state index in [4.69, 9.17) is 9.97 Å². The Morgan fingerprint density at radius 2 is 1.53 bits per heavy atom. The molecule has 2 aromatic carbocycles. The van der Waals surface area contributed by atoms with Crippen molar-refractivity contribution in [2.24, 2.45) is 0 Å². The van der Waals surface area contributed by atoms with E-state index < -0.39 is 0 Å². The first-order chi connectivity index (χ1) is 16.7. The number of nitriles is 2. The highest BCUT2D eigenvalue weighted by Crippen LogP contribution is 2.32. The molecule has 0 aliphatic rings. The van der Waals surface area contributed by atoms with Gasteiger partial charge in [-0.1, -0.05) is 49.4 Å². The van der Waals surface area contributed by atoms with Gasteiger partial charge in [0.1, 0.15) is 29.1 Å². The summed E-state index contributed by atoms with van der Waals surface area (Å²) in [5.74, 6) is 0.876. The first-order valence-corrected chi connectivity index (χ1v) is 11.1. The average molecular weight is 442 g/mol. The van der Waals surface area contributed by atoms with Crippen LogP contribution in [0.15, 0.2) is 54.6 Å². The maximum Gasteiger partial charge on any atom is 0.179 e. The number of hydrogen-bond acceptors (Lipinski definition) is 6. The average Bonchev–Trinajstić information content (AvgIpc) is 3.42. The van der Waals surface area contributed by atoms with E-state index >= 15 is 0 Å². The van der Waals surface area contributed by atoms with Crippen molar-refractivity contribution in [3.8, 4) is 12.1 Å². The fourth-order valence-electron chi connectivity index (χ4n) is 4.56. The van der Waals surface area contributed by atoms with Crippen molar-refractivity contribution in [3.05, 3.63) is 77.4 Å². The van der Waals surface area contributed by atoms with E-state index in [0.29, 0.717) is 29.8 Å². The number of aryl methyl sites for hydroxylation is 3. The summed E-state index contributed by atoms with van der Waals surface area (Å²) in [6.45, 7) is 2.67. The number of rotatable bonds is 4. The minimum atomic E-state index is 0.00550. The standard InChI is InChI=1S/C26H18N8/c1-2-21-32-24-22(25-30-17-10-6-7-11-20(17)34(21)25)23-26(31-19(15-28)18(14-27)29-23)33(24)13-12-16-8-4-3-5-9-16/h3-11H,2,12-13H2,1H3. The van der Waals surface area contributed by atoms with Crippen molar-refractivity contribution >= 4 is 38.9 Å². The molecule has 162 valence electrons. The molecule has 0 saturated carbocycles. The zero-order valence-corrected chi connectivity index (χ0v) is 18.4. The Bertz CT molecular complexity index is 1810. The van der Waals surface area contributed by atoms with E-state index in [1.54, 1.807) is 0 Å². The van der Waals surface area contributed by atoms with Crippen molar-refractivity contribution < 1.29 is 0 Å². The Morgan fingerprint density at radius 1 is 0.794 bits per heavy atom. The summed E-state index contributed by atoms with van der Waals surface area (Å²) >= 11 is 0. The molecule has 34 heavy (non-hydrogen) atoms. The molecule has 6 rings (SSSR count). The van der Waals surface area contributed by atoms with Gasteiger partial charge in [-0.15, -0.1) is 0 Å². The quantitative estimate of drug-likeness (QED) is 0.402. The van der Waals surface area contributed by atoms with E-state index in [1.165, 1.54) is 5.56 Å².